The van der Waals surface area contributed by atoms with E-state index in [0.29, 0.717) is 36.1 Å². The van der Waals surface area contributed by atoms with E-state index in [0.717, 1.165) is 23.1 Å². The van der Waals surface area contributed by atoms with E-state index < -0.39 is 10.0 Å². The first kappa shape index (κ1) is 20.0. The number of anilines is 1. The van der Waals surface area contributed by atoms with Crippen molar-refractivity contribution in [3.05, 3.63) is 57.6 Å². The van der Waals surface area contributed by atoms with Gasteiger partial charge in [0.25, 0.3) is 0 Å². The molecular formula is C20H23BrN2O3S. The second-order valence-electron chi connectivity index (χ2n) is 6.70. The molecule has 144 valence electrons. The summed E-state index contributed by atoms with van der Waals surface area (Å²) >= 11 is 3.38. The molecule has 0 radical (unpaired) electrons. The highest BCUT2D eigenvalue weighted by molar-refractivity contribution is 9.10. The Labute approximate surface area is 169 Å². The lowest BCUT2D eigenvalue weighted by molar-refractivity contribution is -0.118. The van der Waals surface area contributed by atoms with Crippen LogP contribution in [0, 0.1) is 6.92 Å². The number of fused-ring (bicyclic) bond motifs is 1. The second-order valence-corrected chi connectivity index (χ2v) is 9.29. The molecule has 0 saturated heterocycles. The van der Waals surface area contributed by atoms with Crippen LogP contribution in [0.2, 0.25) is 0 Å². The molecule has 1 amide bonds. The van der Waals surface area contributed by atoms with Gasteiger partial charge in [-0.15, -0.1) is 0 Å². The van der Waals surface area contributed by atoms with E-state index in [4.69, 9.17) is 0 Å². The number of carbonyl (C=O) groups excluding carboxylic acids is 1. The fourth-order valence-corrected chi connectivity index (χ4v) is 5.46. The molecule has 1 N–H and O–H groups in total. The van der Waals surface area contributed by atoms with Gasteiger partial charge in [0, 0.05) is 29.7 Å². The van der Waals surface area contributed by atoms with Gasteiger partial charge < -0.3 is 4.90 Å². The average molecular weight is 451 g/mol. The molecule has 0 bridgehead atoms. The van der Waals surface area contributed by atoms with Crippen LogP contribution in [-0.2, 0) is 27.7 Å². The normalized spacial score (nSPS) is 13.7. The Balaban J connectivity index is 1.79. The number of halogens is 1. The summed E-state index contributed by atoms with van der Waals surface area (Å²) in [5, 5.41) is 0. The van der Waals surface area contributed by atoms with Crippen molar-refractivity contribution in [2.75, 3.05) is 18.0 Å². The van der Waals surface area contributed by atoms with Crippen LogP contribution < -0.4 is 9.62 Å². The summed E-state index contributed by atoms with van der Waals surface area (Å²) in [5.41, 5.74) is 3.93. The minimum absolute atomic E-state index is 0.00632. The quantitative estimate of drug-likeness (QED) is 0.730. The van der Waals surface area contributed by atoms with Gasteiger partial charge in [0.05, 0.1) is 4.90 Å². The van der Waals surface area contributed by atoms with Gasteiger partial charge in [-0.05, 0) is 59.0 Å². The third-order valence-corrected chi connectivity index (χ3v) is 7.13. The predicted molar refractivity (Wildman–Crippen MR) is 111 cm³/mol. The standard InChI is InChI=1S/C20H23BrN2O3S/c1-3-20(24)23-10-8-16-12-17(21)19(13-18(16)23)27(25,26)22-9-7-15-6-4-5-14(2)11-15/h4-6,11-13,22H,3,7-10H2,1-2H3. The van der Waals surface area contributed by atoms with Crippen LogP contribution in [0.5, 0.6) is 0 Å². The molecule has 1 aliphatic rings. The molecule has 3 rings (SSSR count). The summed E-state index contributed by atoms with van der Waals surface area (Å²) in [4.78, 5) is 14.0. The van der Waals surface area contributed by atoms with Crippen molar-refractivity contribution in [3.8, 4) is 0 Å². The number of nitrogens with one attached hydrogen (secondary N) is 1. The molecule has 1 aliphatic heterocycles. The zero-order valence-electron chi connectivity index (χ0n) is 15.5. The van der Waals surface area contributed by atoms with Crippen LogP contribution in [0.3, 0.4) is 0 Å². The SMILES string of the molecule is CCC(=O)N1CCc2cc(Br)c(S(=O)(=O)NCCc3cccc(C)c3)cc21. The van der Waals surface area contributed by atoms with Gasteiger partial charge in [-0.3, -0.25) is 4.79 Å². The maximum atomic E-state index is 12.8. The fourth-order valence-electron chi connectivity index (χ4n) is 3.32. The van der Waals surface area contributed by atoms with Crippen LogP contribution in [0.1, 0.15) is 30.0 Å². The van der Waals surface area contributed by atoms with E-state index in [-0.39, 0.29) is 10.8 Å². The third kappa shape index (κ3) is 4.42. The largest absolute Gasteiger partial charge is 0.312 e. The van der Waals surface area contributed by atoms with Crippen LogP contribution in [-0.4, -0.2) is 27.4 Å². The molecule has 1 heterocycles. The van der Waals surface area contributed by atoms with E-state index in [1.54, 1.807) is 11.0 Å². The van der Waals surface area contributed by atoms with E-state index in [1.165, 1.54) is 0 Å². The van der Waals surface area contributed by atoms with Crippen LogP contribution >= 0.6 is 15.9 Å². The van der Waals surface area contributed by atoms with Crippen molar-refractivity contribution in [1.29, 1.82) is 0 Å². The molecule has 0 aliphatic carbocycles. The summed E-state index contributed by atoms with van der Waals surface area (Å²) in [5.74, 6) is 0.00632. The summed E-state index contributed by atoms with van der Waals surface area (Å²) in [7, 11) is -3.68. The molecule has 2 aromatic carbocycles. The zero-order valence-corrected chi connectivity index (χ0v) is 17.9. The first-order chi connectivity index (χ1) is 12.8. The maximum Gasteiger partial charge on any atom is 0.241 e. The lowest BCUT2D eigenvalue weighted by Crippen LogP contribution is -2.29. The van der Waals surface area contributed by atoms with Gasteiger partial charge in [0.1, 0.15) is 0 Å². The Morgan fingerprint density at radius 3 is 2.74 bits per heavy atom. The number of amides is 1. The second kappa shape index (κ2) is 8.12. The van der Waals surface area contributed by atoms with Crippen molar-refractivity contribution < 1.29 is 13.2 Å². The molecule has 0 fully saturated rings. The van der Waals surface area contributed by atoms with E-state index in [9.17, 15) is 13.2 Å². The smallest absolute Gasteiger partial charge is 0.241 e. The van der Waals surface area contributed by atoms with Crippen LogP contribution in [0.4, 0.5) is 5.69 Å². The van der Waals surface area contributed by atoms with E-state index >= 15 is 0 Å². The number of hydrogen-bond acceptors (Lipinski definition) is 3. The molecule has 5 nitrogen and oxygen atoms in total. The van der Waals surface area contributed by atoms with Crippen LogP contribution in [0.15, 0.2) is 45.8 Å². The molecule has 0 aromatic heterocycles. The predicted octanol–water partition coefficient (Wildman–Crippen LogP) is 3.58. The Morgan fingerprint density at radius 2 is 2.04 bits per heavy atom. The number of sulfonamides is 1. The molecule has 7 heteroatoms. The molecule has 2 aromatic rings. The highest BCUT2D eigenvalue weighted by atomic mass is 79.9. The average Bonchev–Trinajstić information content (AvgIpc) is 3.03. The summed E-state index contributed by atoms with van der Waals surface area (Å²) in [6.07, 6.45) is 1.75. The lowest BCUT2D eigenvalue weighted by atomic mass is 10.1. The lowest BCUT2D eigenvalue weighted by Gasteiger charge is -2.18. The van der Waals surface area contributed by atoms with Crippen LogP contribution in [0.25, 0.3) is 0 Å². The highest BCUT2D eigenvalue weighted by Crippen LogP contribution is 2.35. The number of nitrogens with zero attached hydrogens (tertiary/aromatic N) is 1. The van der Waals surface area contributed by atoms with Crippen molar-refractivity contribution in [2.24, 2.45) is 0 Å². The topological polar surface area (TPSA) is 66.5 Å². The summed E-state index contributed by atoms with van der Waals surface area (Å²) in [6.45, 7) is 4.73. The molecule has 0 atom stereocenters. The molecule has 0 spiro atoms. The van der Waals surface area contributed by atoms with Crippen molar-refractivity contribution in [1.82, 2.24) is 4.72 Å². The maximum absolute atomic E-state index is 12.8. The van der Waals surface area contributed by atoms with Gasteiger partial charge in [-0.1, -0.05) is 36.8 Å². The van der Waals surface area contributed by atoms with Crippen molar-refractivity contribution in [3.63, 3.8) is 0 Å². The highest BCUT2D eigenvalue weighted by Gasteiger charge is 2.28. The molecular weight excluding hydrogens is 428 g/mol. The van der Waals surface area contributed by atoms with Gasteiger partial charge >= 0.3 is 0 Å². The zero-order chi connectivity index (χ0) is 19.6. The molecule has 27 heavy (non-hydrogen) atoms. The minimum atomic E-state index is -3.68. The third-order valence-electron chi connectivity index (χ3n) is 4.71. The molecule has 0 unspecified atom stereocenters. The number of carbonyl (C=O) groups is 1. The Hall–Kier alpha value is -1.70. The molecule has 0 saturated carbocycles. The van der Waals surface area contributed by atoms with Gasteiger partial charge in [-0.2, -0.15) is 0 Å². The monoisotopic (exact) mass is 450 g/mol. The minimum Gasteiger partial charge on any atom is -0.312 e. The number of rotatable bonds is 6. The van der Waals surface area contributed by atoms with Crippen molar-refractivity contribution in [2.45, 2.75) is 38.0 Å². The number of benzene rings is 2. The first-order valence-electron chi connectivity index (χ1n) is 9.00. The summed E-state index contributed by atoms with van der Waals surface area (Å²) in [6, 6.07) is 11.4. The van der Waals surface area contributed by atoms with Gasteiger partial charge in [0.2, 0.25) is 15.9 Å². The fraction of sp³-hybridized carbons (Fsp3) is 0.350. The number of hydrogen-bond donors (Lipinski definition) is 1. The summed E-state index contributed by atoms with van der Waals surface area (Å²) < 4.78 is 28.8. The van der Waals surface area contributed by atoms with E-state index in [1.807, 2.05) is 44.2 Å². The van der Waals surface area contributed by atoms with Gasteiger partial charge in [-0.25, -0.2) is 13.1 Å². The Kier molecular flexibility index (Phi) is 6.03. The van der Waals surface area contributed by atoms with E-state index in [2.05, 4.69) is 20.7 Å². The number of aryl methyl sites for hydroxylation is 1. The van der Waals surface area contributed by atoms with Crippen molar-refractivity contribution >= 4 is 37.5 Å². The Bertz CT molecular complexity index is 973. The van der Waals surface area contributed by atoms with Gasteiger partial charge in [0.15, 0.2) is 0 Å². The Morgan fingerprint density at radius 1 is 1.26 bits per heavy atom. The first-order valence-corrected chi connectivity index (χ1v) is 11.3.